The number of nitrogens with zero attached hydrogens (tertiary/aromatic N) is 1. The number of Topliss-reactive ketones (excluding diaryl/α,β-unsaturated/α-hetero) is 1. The highest BCUT2D eigenvalue weighted by atomic mass is 16.5. The molecule has 0 spiro atoms. The van der Waals surface area contributed by atoms with Crippen LogP contribution < -0.4 is 14.2 Å². The van der Waals surface area contributed by atoms with Gasteiger partial charge in [0, 0.05) is 19.2 Å². The number of amides is 1. The largest absolute Gasteiger partial charge is 0.507 e. The van der Waals surface area contributed by atoms with E-state index in [1.54, 1.807) is 50.4 Å². The summed E-state index contributed by atoms with van der Waals surface area (Å²) in [4.78, 5) is 27.4. The minimum atomic E-state index is -0.813. The van der Waals surface area contributed by atoms with Crippen LogP contribution >= 0.6 is 0 Å². The van der Waals surface area contributed by atoms with Crippen LogP contribution in [0.3, 0.4) is 0 Å². The minimum absolute atomic E-state index is 0.00610. The second-order valence-corrected chi connectivity index (χ2v) is 7.28. The molecule has 8 nitrogen and oxygen atoms in total. The third-order valence-corrected chi connectivity index (χ3v) is 5.49. The van der Waals surface area contributed by atoms with Gasteiger partial charge >= 0.3 is 0 Å². The minimum Gasteiger partial charge on any atom is -0.507 e. The molecule has 32 heavy (non-hydrogen) atoms. The molecule has 0 unspecified atom stereocenters. The summed E-state index contributed by atoms with van der Waals surface area (Å²) in [5.74, 6) is -0.124. The summed E-state index contributed by atoms with van der Waals surface area (Å²) >= 11 is 0. The maximum atomic E-state index is 13.1. The number of benzene rings is 2. The molecule has 1 aliphatic heterocycles. The number of aliphatic hydroxyl groups excluding tert-OH is 1. The van der Waals surface area contributed by atoms with Crippen LogP contribution in [0.15, 0.2) is 42.0 Å². The number of aliphatic hydroxyl groups is 1. The Morgan fingerprint density at radius 1 is 0.969 bits per heavy atom. The molecule has 8 heteroatoms. The second kappa shape index (κ2) is 9.74. The Balaban J connectivity index is 2.21. The molecule has 1 saturated heterocycles. The summed E-state index contributed by atoms with van der Waals surface area (Å²) in [6, 6.07) is 9.43. The molecular weight excluding hydrogens is 414 g/mol. The van der Waals surface area contributed by atoms with E-state index in [9.17, 15) is 14.7 Å². The summed E-state index contributed by atoms with van der Waals surface area (Å²) in [5.41, 5.74) is 1.76. The topological polar surface area (TPSA) is 94.5 Å². The first-order chi connectivity index (χ1) is 15.4. The molecule has 0 radical (unpaired) electrons. The number of carbonyl (C=O) groups is 2. The van der Waals surface area contributed by atoms with E-state index in [1.165, 1.54) is 26.2 Å². The Hall–Kier alpha value is -3.52. The van der Waals surface area contributed by atoms with Crippen molar-refractivity contribution < 1.29 is 33.6 Å². The van der Waals surface area contributed by atoms with Gasteiger partial charge in [-0.3, -0.25) is 9.59 Å². The number of ketones is 1. The van der Waals surface area contributed by atoms with Gasteiger partial charge in [-0.25, -0.2) is 0 Å². The van der Waals surface area contributed by atoms with Gasteiger partial charge < -0.3 is 29.0 Å². The summed E-state index contributed by atoms with van der Waals surface area (Å²) < 4.78 is 21.1. The first-order valence-electron chi connectivity index (χ1n) is 10.0. The molecular formula is C24H27NO7. The molecule has 1 atom stereocenters. The normalized spacial score (nSPS) is 17.5. The fraction of sp³-hybridized carbons (Fsp3) is 0.333. The maximum absolute atomic E-state index is 13.1. The van der Waals surface area contributed by atoms with E-state index >= 15 is 0 Å². The van der Waals surface area contributed by atoms with Gasteiger partial charge in [-0.1, -0.05) is 6.07 Å². The van der Waals surface area contributed by atoms with Crippen LogP contribution in [0.4, 0.5) is 0 Å². The standard InChI is InChI=1S/C24H27NO7/c1-14-12-16(30-3)7-8-17(14)22(26)20-21(25(10-11-29-2)24(28)23(20)27)15-6-9-18(31-4)19(13-15)32-5/h6-9,12-13,21,26H,10-11H2,1-5H3/t21-/m1/s1. The zero-order valence-corrected chi connectivity index (χ0v) is 18.8. The number of ether oxygens (including phenoxy) is 4. The van der Waals surface area contributed by atoms with E-state index in [1.807, 2.05) is 0 Å². The van der Waals surface area contributed by atoms with Crippen molar-refractivity contribution in [3.8, 4) is 17.2 Å². The molecule has 0 saturated carbocycles. The molecule has 1 aliphatic rings. The predicted molar refractivity (Wildman–Crippen MR) is 118 cm³/mol. The third kappa shape index (κ3) is 4.13. The number of carbonyl (C=O) groups excluding carboxylic acids is 2. The highest BCUT2D eigenvalue weighted by molar-refractivity contribution is 6.46. The molecule has 1 fully saturated rings. The van der Waals surface area contributed by atoms with Crippen molar-refractivity contribution in [2.45, 2.75) is 13.0 Å². The molecule has 1 heterocycles. The highest BCUT2D eigenvalue weighted by Crippen LogP contribution is 2.42. The summed E-state index contributed by atoms with van der Waals surface area (Å²) in [6.45, 7) is 2.21. The number of hydrogen-bond acceptors (Lipinski definition) is 7. The lowest BCUT2D eigenvalue weighted by molar-refractivity contribution is -0.140. The molecule has 2 aromatic rings. The first kappa shape index (κ1) is 23.1. The Bertz CT molecular complexity index is 1060. The lowest BCUT2D eigenvalue weighted by Crippen LogP contribution is -2.32. The Morgan fingerprint density at radius 3 is 2.28 bits per heavy atom. The Labute approximate surface area is 187 Å². The quantitative estimate of drug-likeness (QED) is 0.382. The lowest BCUT2D eigenvalue weighted by atomic mass is 9.93. The van der Waals surface area contributed by atoms with E-state index in [0.717, 1.165) is 0 Å². The van der Waals surface area contributed by atoms with Gasteiger partial charge in [-0.2, -0.15) is 0 Å². The molecule has 0 aliphatic carbocycles. The van der Waals surface area contributed by atoms with E-state index in [0.29, 0.717) is 33.9 Å². The van der Waals surface area contributed by atoms with Crippen LogP contribution in [0.5, 0.6) is 17.2 Å². The van der Waals surface area contributed by atoms with Gasteiger partial charge in [-0.15, -0.1) is 0 Å². The van der Waals surface area contributed by atoms with Crippen molar-refractivity contribution in [3.05, 3.63) is 58.7 Å². The van der Waals surface area contributed by atoms with Crippen molar-refractivity contribution in [3.63, 3.8) is 0 Å². The van der Waals surface area contributed by atoms with E-state index in [2.05, 4.69) is 0 Å². The molecule has 0 bridgehead atoms. The Morgan fingerprint density at radius 2 is 1.69 bits per heavy atom. The fourth-order valence-corrected chi connectivity index (χ4v) is 3.84. The van der Waals surface area contributed by atoms with Crippen molar-refractivity contribution in [1.29, 1.82) is 0 Å². The number of aryl methyl sites for hydroxylation is 1. The summed E-state index contributed by atoms with van der Waals surface area (Å²) in [7, 11) is 6.09. The van der Waals surface area contributed by atoms with Crippen LogP contribution in [-0.2, 0) is 14.3 Å². The molecule has 3 rings (SSSR count). The van der Waals surface area contributed by atoms with Gasteiger partial charge in [-0.05, 0) is 48.4 Å². The zero-order chi connectivity index (χ0) is 23.4. The van der Waals surface area contributed by atoms with Crippen LogP contribution in [0.2, 0.25) is 0 Å². The van der Waals surface area contributed by atoms with Crippen LogP contribution in [0.25, 0.3) is 5.76 Å². The lowest BCUT2D eigenvalue weighted by Gasteiger charge is -2.25. The van der Waals surface area contributed by atoms with Crippen molar-refractivity contribution in [2.24, 2.45) is 0 Å². The molecule has 1 amide bonds. The molecule has 0 aromatic heterocycles. The second-order valence-electron chi connectivity index (χ2n) is 7.28. The SMILES string of the molecule is COCCN1C(=O)C(=O)C(=C(O)c2ccc(OC)cc2C)[C@H]1c1ccc(OC)c(OC)c1. The number of likely N-dealkylation sites (tertiary alicyclic amines) is 1. The van der Waals surface area contributed by atoms with Crippen molar-refractivity contribution >= 4 is 17.4 Å². The van der Waals surface area contributed by atoms with E-state index in [4.69, 9.17) is 18.9 Å². The van der Waals surface area contributed by atoms with Crippen LogP contribution in [0, 0.1) is 6.92 Å². The van der Waals surface area contributed by atoms with E-state index in [-0.39, 0.29) is 24.5 Å². The molecule has 2 aromatic carbocycles. The Kier molecular flexibility index (Phi) is 7.05. The predicted octanol–water partition coefficient (Wildman–Crippen LogP) is 3.09. The van der Waals surface area contributed by atoms with Gasteiger partial charge in [0.1, 0.15) is 11.5 Å². The maximum Gasteiger partial charge on any atom is 0.295 e. The monoisotopic (exact) mass is 441 g/mol. The van der Waals surface area contributed by atoms with Gasteiger partial charge in [0.25, 0.3) is 11.7 Å². The average Bonchev–Trinajstić information content (AvgIpc) is 3.06. The average molecular weight is 441 g/mol. The number of methoxy groups -OCH3 is 4. The third-order valence-electron chi connectivity index (χ3n) is 5.49. The fourth-order valence-electron chi connectivity index (χ4n) is 3.84. The van der Waals surface area contributed by atoms with E-state index < -0.39 is 17.7 Å². The van der Waals surface area contributed by atoms with Crippen molar-refractivity contribution in [2.75, 3.05) is 41.6 Å². The highest BCUT2D eigenvalue weighted by Gasteiger charge is 2.46. The van der Waals surface area contributed by atoms with Gasteiger partial charge in [0.15, 0.2) is 11.5 Å². The van der Waals surface area contributed by atoms with Gasteiger partial charge in [0.2, 0.25) is 0 Å². The van der Waals surface area contributed by atoms with Crippen molar-refractivity contribution in [1.82, 2.24) is 4.90 Å². The number of rotatable bonds is 8. The zero-order valence-electron chi connectivity index (χ0n) is 18.8. The number of hydrogen-bond donors (Lipinski definition) is 1. The molecule has 170 valence electrons. The summed E-state index contributed by atoms with van der Waals surface area (Å²) in [5, 5.41) is 11.2. The smallest absolute Gasteiger partial charge is 0.295 e. The van der Waals surface area contributed by atoms with Gasteiger partial charge in [0.05, 0.1) is 39.6 Å². The van der Waals surface area contributed by atoms with Crippen LogP contribution in [0.1, 0.15) is 22.7 Å². The first-order valence-corrected chi connectivity index (χ1v) is 10.0. The van der Waals surface area contributed by atoms with Crippen LogP contribution in [-0.4, -0.2) is 63.3 Å². The molecule has 1 N–H and O–H groups in total. The summed E-state index contributed by atoms with van der Waals surface area (Å²) in [6.07, 6.45) is 0.